The fourth-order valence-electron chi connectivity index (χ4n) is 2.33. The summed E-state index contributed by atoms with van der Waals surface area (Å²) in [5, 5.41) is 10.7. The van der Waals surface area contributed by atoms with Gasteiger partial charge in [0.25, 0.3) is 0 Å². The molecular weight excluding hydrogens is 290 g/mol. The Morgan fingerprint density at radius 3 is 2.57 bits per heavy atom. The number of hydrogen-bond donors (Lipinski definition) is 2. The summed E-state index contributed by atoms with van der Waals surface area (Å²) < 4.78 is 1.74. The normalized spacial score (nSPS) is 13.2. The average Bonchev–Trinajstić information content (AvgIpc) is 2.96. The number of aryl methyl sites for hydroxylation is 1. The Labute approximate surface area is 137 Å². The molecule has 7 heteroatoms. The molecular formula is C16H25N7. The standard InChI is InChI=1S/C16H25N7/c1-17-16(19-11-15-20-12-21-23(15)4)18-10-14(22(2)3)13-8-6-5-7-9-13/h5-9,12,14H,10-11H2,1-4H3,(H2,17,18,19). The molecule has 0 saturated heterocycles. The van der Waals surface area contributed by atoms with Crippen molar-refractivity contribution in [1.82, 2.24) is 30.3 Å². The van der Waals surface area contributed by atoms with Crippen molar-refractivity contribution in [2.45, 2.75) is 12.6 Å². The lowest BCUT2D eigenvalue weighted by Gasteiger charge is -2.26. The van der Waals surface area contributed by atoms with Crippen LogP contribution in [-0.2, 0) is 13.6 Å². The number of hydrogen-bond acceptors (Lipinski definition) is 4. The molecule has 0 spiro atoms. The number of guanidine groups is 1. The maximum atomic E-state index is 4.26. The van der Waals surface area contributed by atoms with Crippen molar-refractivity contribution >= 4 is 5.96 Å². The minimum atomic E-state index is 0.268. The van der Waals surface area contributed by atoms with Crippen LogP contribution >= 0.6 is 0 Å². The summed E-state index contributed by atoms with van der Waals surface area (Å²) in [7, 11) is 7.79. The van der Waals surface area contributed by atoms with Crippen molar-refractivity contribution in [2.75, 3.05) is 27.7 Å². The Balaban J connectivity index is 1.92. The third-order valence-electron chi connectivity index (χ3n) is 3.71. The molecule has 2 N–H and O–H groups in total. The van der Waals surface area contributed by atoms with Gasteiger partial charge < -0.3 is 15.5 Å². The number of likely N-dealkylation sites (N-methyl/N-ethyl adjacent to an activating group) is 1. The van der Waals surface area contributed by atoms with Gasteiger partial charge in [-0.3, -0.25) is 9.67 Å². The van der Waals surface area contributed by atoms with E-state index in [9.17, 15) is 0 Å². The van der Waals surface area contributed by atoms with Gasteiger partial charge >= 0.3 is 0 Å². The average molecular weight is 315 g/mol. The Hall–Kier alpha value is -2.41. The molecule has 0 bridgehead atoms. The summed E-state index contributed by atoms with van der Waals surface area (Å²) in [6.07, 6.45) is 1.55. The molecule has 1 unspecified atom stereocenters. The first kappa shape index (κ1) is 17.0. The highest BCUT2D eigenvalue weighted by atomic mass is 15.3. The quantitative estimate of drug-likeness (QED) is 0.609. The zero-order chi connectivity index (χ0) is 16.7. The molecule has 0 saturated carbocycles. The van der Waals surface area contributed by atoms with Crippen LogP contribution in [-0.4, -0.2) is 53.3 Å². The predicted molar refractivity (Wildman–Crippen MR) is 92.1 cm³/mol. The minimum absolute atomic E-state index is 0.268. The van der Waals surface area contributed by atoms with Crippen LogP contribution in [0, 0.1) is 0 Å². The van der Waals surface area contributed by atoms with Crippen molar-refractivity contribution in [1.29, 1.82) is 0 Å². The molecule has 2 rings (SSSR count). The van der Waals surface area contributed by atoms with Gasteiger partial charge in [0, 0.05) is 20.6 Å². The zero-order valence-corrected chi connectivity index (χ0v) is 14.2. The molecule has 1 aromatic heterocycles. The van der Waals surface area contributed by atoms with E-state index in [4.69, 9.17) is 0 Å². The summed E-state index contributed by atoms with van der Waals surface area (Å²) in [6.45, 7) is 1.34. The SMILES string of the molecule is CN=C(NCc1ncnn1C)NCC(c1ccccc1)N(C)C. The second kappa shape index (κ2) is 8.28. The first-order chi connectivity index (χ1) is 11.1. The molecule has 1 atom stereocenters. The van der Waals surface area contributed by atoms with Crippen LogP contribution in [0.5, 0.6) is 0 Å². The summed E-state index contributed by atoms with van der Waals surface area (Å²) in [4.78, 5) is 10.6. The van der Waals surface area contributed by atoms with Crippen LogP contribution in [0.2, 0.25) is 0 Å². The van der Waals surface area contributed by atoms with E-state index in [2.05, 4.69) is 69.0 Å². The fraction of sp³-hybridized carbons (Fsp3) is 0.438. The molecule has 0 aliphatic heterocycles. The number of benzene rings is 1. The molecule has 0 amide bonds. The van der Waals surface area contributed by atoms with E-state index < -0.39 is 0 Å². The number of rotatable bonds is 6. The zero-order valence-electron chi connectivity index (χ0n) is 14.2. The number of nitrogens with one attached hydrogen (secondary N) is 2. The van der Waals surface area contributed by atoms with Crippen molar-refractivity contribution in [3.05, 3.63) is 48.0 Å². The summed E-state index contributed by atoms with van der Waals surface area (Å²) in [5.41, 5.74) is 1.27. The summed E-state index contributed by atoms with van der Waals surface area (Å²) >= 11 is 0. The van der Waals surface area contributed by atoms with E-state index in [0.29, 0.717) is 6.54 Å². The molecule has 0 aliphatic rings. The lowest BCUT2D eigenvalue weighted by atomic mass is 10.1. The maximum Gasteiger partial charge on any atom is 0.191 e. The lowest BCUT2D eigenvalue weighted by molar-refractivity contribution is 0.298. The van der Waals surface area contributed by atoms with Crippen LogP contribution in [0.25, 0.3) is 0 Å². The van der Waals surface area contributed by atoms with Gasteiger partial charge in [0.05, 0.1) is 12.6 Å². The van der Waals surface area contributed by atoms with Gasteiger partial charge in [-0.1, -0.05) is 30.3 Å². The van der Waals surface area contributed by atoms with Gasteiger partial charge in [0.1, 0.15) is 12.2 Å². The summed E-state index contributed by atoms with van der Waals surface area (Å²) in [6, 6.07) is 10.7. The van der Waals surface area contributed by atoms with Crippen molar-refractivity contribution in [3.8, 4) is 0 Å². The molecule has 124 valence electrons. The maximum absolute atomic E-state index is 4.26. The predicted octanol–water partition coefficient (Wildman–Crippen LogP) is 0.783. The van der Waals surface area contributed by atoms with Gasteiger partial charge in [-0.25, -0.2) is 4.98 Å². The molecule has 0 radical (unpaired) electrons. The van der Waals surface area contributed by atoms with E-state index in [1.165, 1.54) is 5.56 Å². The largest absolute Gasteiger partial charge is 0.354 e. The van der Waals surface area contributed by atoms with Crippen molar-refractivity contribution in [2.24, 2.45) is 12.0 Å². The third kappa shape index (κ3) is 4.79. The Bertz CT molecular complexity index is 618. The van der Waals surface area contributed by atoms with Crippen LogP contribution < -0.4 is 10.6 Å². The Kier molecular flexibility index (Phi) is 6.10. The van der Waals surface area contributed by atoms with Crippen molar-refractivity contribution in [3.63, 3.8) is 0 Å². The first-order valence-electron chi connectivity index (χ1n) is 7.60. The van der Waals surface area contributed by atoms with Crippen LogP contribution in [0.1, 0.15) is 17.4 Å². The molecule has 0 fully saturated rings. The second-order valence-electron chi connectivity index (χ2n) is 5.50. The smallest absolute Gasteiger partial charge is 0.191 e. The minimum Gasteiger partial charge on any atom is -0.354 e. The van der Waals surface area contributed by atoms with Gasteiger partial charge in [0.2, 0.25) is 0 Å². The molecule has 2 aromatic rings. The highest BCUT2D eigenvalue weighted by molar-refractivity contribution is 5.79. The van der Waals surface area contributed by atoms with E-state index in [-0.39, 0.29) is 6.04 Å². The highest BCUT2D eigenvalue weighted by Gasteiger charge is 2.14. The molecule has 0 aliphatic carbocycles. The number of aliphatic imine (C=N–C) groups is 1. The topological polar surface area (TPSA) is 70.4 Å². The van der Waals surface area contributed by atoms with Crippen molar-refractivity contribution < 1.29 is 0 Å². The molecule has 23 heavy (non-hydrogen) atoms. The number of aromatic nitrogens is 3. The first-order valence-corrected chi connectivity index (χ1v) is 7.60. The van der Waals surface area contributed by atoms with E-state index in [1.807, 2.05) is 13.1 Å². The molecule has 1 heterocycles. The summed E-state index contributed by atoms with van der Waals surface area (Å²) in [5.74, 6) is 1.61. The lowest BCUT2D eigenvalue weighted by Crippen LogP contribution is -2.41. The Morgan fingerprint density at radius 1 is 1.26 bits per heavy atom. The van der Waals surface area contributed by atoms with E-state index >= 15 is 0 Å². The molecule has 7 nitrogen and oxygen atoms in total. The molecule has 1 aromatic carbocycles. The third-order valence-corrected chi connectivity index (χ3v) is 3.71. The monoisotopic (exact) mass is 315 g/mol. The van der Waals surface area contributed by atoms with Crippen LogP contribution in [0.3, 0.4) is 0 Å². The highest BCUT2D eigenvalue weighted by Crippen LogP contribution is 2.16. The van der Waals surface area contributed by atoms with Gasteiger partial charge in [-0.2, -0.15) is 5.10 Å². The van der Waals surface area contributed by atoms with Gasteiger partial charge in [0.15, 0.2) is 5.96 Å². The van der Waals surface area contributed by atoms with Gasteiger partial charge in [-0.05, 0) is 19.7 Å². The fourth-order valence-corrected chi connectivity index (χ4v) is 2.33. The second-order valence-corrected chi connectivity index (χ2v) is 5.50. The van der Waals surface area contributed by atoms with Gasteiger partial charge in [-0.15, -0.1) is 0 Å². The van der Waals surface area contributed by atoms with Crippen LogP contribution in [0.4, 0.5) is 0 Å². The van der Waals surface area contributed by atoms with E-state index in [0.717, 1.165) is 18.3 Å². The Morgan fingerprint density at radius 2 is 2.00 bits per heavy atom. The number of nitrogens with zero attached hydrogens (tertiary/aromatic N) is 5. The van der Waals surface area contributed by atoms with Crippen LogP contribution in [0.15, 0.2) is 41.7 Å². The van der Waals surface area contributed by atoms with E-state index in [1.54, 1.807) is 18.1 Å².